The van der Waals surface area contributed by atoms with Crippen LogP contribution in [0.2, 0.25) is 0 Å². The molecule has 160 valence electrons. The molecule has 3 aromatic heterocycles. The van der Waals surface area contributed by atoms with Crippen molar-refractivity contribution in [3.8, 4) is 5.69 Å². The molecule has 0 N–H and O–H groups in total. The van der Waals surface area contributed by atoms with Crippen LogP contribution in [0.5, 0.6) is 0 Å². The Morgan fingerprint density at radius 2 is 1.78 bits per heavy atom. The molecule has 0 unspecified atom stereocenters. The normalized spacial score (nSPS) is 16.5. The fraction of sp³-hybridized carbons (Fsp3) is 0.250. The number of fused-ring (bicyclic) bond motifs is 4. The molecule has 0 amide bonds. The fourth-order valence-corrected chi connectivity index (χ4v) is 4.74. The van der Waals surface area contributed by atoms with E-state index in [1.165, 1.54) is 0 Å². The second-order valence-electron chi connectivity index (χ2n) is 8.10. The Hall–Kier alpha value is -3.10. The maximum Gasteiger partial charge on any atom is 0.265 e. The van der Waals surface area contributed by atoms with Crippen LogP contribution in [-0.4, -0.2) is 36.8 Å². The van der Waals surface area contributed by atoms with Crippen LogP contribution in [0.25, 0.3) is 38.9 Å². The van der Waals surface area contributed by atoms with E-state index in [1.54, 1.807) is 4.57 Å². The number of nitrogens with zero attached hydrogens (tertiary/aromatic N) is 5. The van der Waals surface area contributed by atoms with Gasteiger partial charge in [0.05, 0.1) is 23.7 Å². The monoisotopic (exact) mass is 489 g/mol. The molecular formula is C24H20BrN5O2. The molecule has 1 aliphatic heterocycles. The van der Waals surface area contributed by atoms with Gasteiger partial charge in [-0.25, -0.2) is 15.0 Å². The molecule has 8 heteroatoms. The van der Waals surface area contributed by atoms with Gasteiger partial charge >= 0.3 is 0 Å². The molecule has 0 bridgehead atoms. The molecule has 5 aromatic rings. The number of ether oxygens (including phenoxy) is 1. The highest BCUT2D eigenvalue weighted by Crippen LogP contribution is 2.29. The molecule has 1 saturated heterocycles. The van der Waals surface area contributed by atoms with Crippen molar-refractivity contribution < 1.29 is 4.74 Å². The zero-order valence-electron chi connectivity index (χ0n) is 17.5. The molecule has 1 atom stereocenters. The standard InChI is InChI=1S/C24H20BrN5O2/c1-14-26-22-20(24(31)29(14)13-17-5-4-12-32-17)21-23(28-19-7-3-2-6-18(19)27-21)30(22)16-10-8-15(25)9-11-16/h2-3,6-11,17H,4-5,12-13H2,1H3/t17-/m1/s1. The lowest BCUT2D eigenvalue weighted by Gasteiger charge is -2.14. The van der Waals surface area contributed by atoms with Gasteiger partial charge in [-0.05, 0) is 56.2 Å². The summed E-state index contributed by atoms with van der Waals surface area (Å²) in [6.07, 6.45) is 2.01. The molecule has 7 nitrogen and oxygen atoms in total. The lowest BCUT2D eigenvalue weighted by Crippen LogP contribution is -2.29. The van der Waals surface area contributed by atoms with Gasteiger partial charge in [0.25, 0.3) is 5.56 Å². The van der Waals surface area contributed by atoms with E-state index in [2.05, 4.69) is 15.9 Å². The Kier molecular flexibility index (Phi) is 4.58. The number of aromatic nitrogens is 5. The van der Waals surface area contributed by atoms with Gasteiger partial charge in [0, 0.05) is 16.8 Å². The van der Waals surface area contributed by atoms with Gasteiger partial charge in [-0.3, -0.25) is 13.9 Å². The van der Waals surface area contributed by atoms with E-state index in [9.17, 15) is 4.79 Å². The van der Waals surface area contributed by atoms with Gasteiger partial charge in [0.15, 0.2) is 11.3 Å². The third-order valence-corrected chi connectivity index (χ3v) is 6.58. The van der Waals surface area contributed by atoms with Crippen molar-refractivity contribution in [3.63, 3.8) is 0 Å². The van der Waals surface area contributed by atoms with Gasteiger partial charge in [0.2, 0.25) is 0 Å². The number of rotatable bonds is 3. The third kappa shape index (κ3) is 3.05. The summed E-state index contributed by atoms with van der Waals surface area (Å²) >= 11 is 3.50. The summed E-state index contributed by atoms with van der Waals surface area (Å²) in [5, 5.41) is 0.491. The number of para-hydroxylation sites is 2. The Morgan fingerprint density at radius 3 is 2.50 bits per heavy atom. The first-order valence-electron chi connectivity index (χ1n) is 10.7. The Labute approximate surface area is 191 Å². The minimum atomic E-state index is -0.103. The number of benzene rings is 2. The van der Waals surface area contributed by atoms with Crippen LogP contribution in [0.1, 0.15) is 18.7 Å². The van der Waals surface area contributed by atoms with Crippen LogP contribution in [0.15, 0.2) is 57.8 Å². The second-order valence-corrected chi connectivity index (χ2v) is 9.02. The summed E-state index contributed by atoms with van der Waals surface area (Å²) in [7, 11) is 0. The number of halogens is 1. The van der Waals surface area contributed by atoms with E-state index in [0.29, 0.717) is 34.6 Å². The van der Waals surface area contributed by atoms with Crippen LogP contribution in [0.4, 0.5) is 0 Å². The van der Waals surface area contributed by atoms with Crippen molar-refractivity contribution in [1.82, 2.24) is 24.1 Å². The van der Waals surface area contributed by atoms with Crippen molar-refractivity contribution in [2.75, 3.05) is 6.61 Å². The van der Waals surface area contributed by atoms with Crippen molar-refractivity contribution in [2.24, 2.45) is 0 Å². The number of aryl methyl sites for hydroxylation is 1. The van der Waals surface area contributed by atoms with Gasteiger partial charge in [-0.15, -0.1) is 0 Å². The Bertz CT molecular complexity index is 1550. The van der Waals surface area contributed by atoms with Gasteiger partial charge in [-0.2, -0.15) is 0 Å². The van der Waals surface area contributed by atoms with Crippen molar-refractivity contribution in [3.05, 3.63) is 69.2 Å². The molecule has 1 fully saturated rings. The molecule has 1 aliphatic rings. The third-order valence-electron chi connectivity index (χ3n) is 6.05. The Balaban J connectivity index is 1.71. The first-order valence-corrected chi connectivity index (χ1v) is 11.5. The molecule has 6 rings (SSSR count). The van der Waals surface area contributed by atoms with Crippen LogP contribution in [0.3, 0.4) is 0 Å². The van der Waals surface area contributed by atoms with Gasteiger partial charge in [-0.1, -0.05) is 28.1 Å². The number of hydrogen-bond acceptors (Lipinski definition) is 5. The van der Waals surface area contributed by atoms with Crippen LogP contribution in [0, 0.1) is 6.92 Å². The lowest BCUT2D eigenvalue weighted by atomic mass is 10.2. The highest BCUT2D eigenvalue weighted by molar-refractivity contribution is 9.10. The average molecular weight is 490 g/mol. The van der Waals surface area contributed by atoms with E-state index in [4.69, 9.17) is 19.7 Å². The minimum Gasteiger partial charge on any atom is -0.376 e. The quantitative estimate of drug-likeness (QED) is 0.372. The average Bonchev–Trinajstić information content (AvgIpc) is 3.41. The zero-order valence-corrected chi connectivity index (χ0v) is 19.0. The fourth-order valence-electron chi connectivity index (χ4n) is 4.47. The van der Waals surface area contributed by atoms with Crippen molar-refractivity contribution >= 4 is 49.2 Å². The van der Waals surface area contributed by atoms with E-state index >= 15 is 0 Å². The maximum atomic E-state index is 13.8. The summed E-state index contributed by atoms with van der Waals surface area (Å²) in [5.74, 6) is 0.656. The highest BCUT2D eigenvalue weighted by Gasteiger charge is 2.24. The summed E-state index contributed by atoms with van der Waals surface area (Å²) in [5.41, 5.74) is 4.07. The summed E-state index contributed by atoms with van der Waals surface area (Å²) in [4.78, 5) is 28.4. The van der Waals surface area contributed by atoms with Crippen LogP contribution < -0.4 is 5.56 Å². The van der Waals surface area contributed by atoms with E-state index in [1.807, 2.05) is 60.0 Å². The Morgan fingerprint density at radius 1 is 1.03 bits per heavy atom. The molecule has 0 radical (unpaired) electrons. The topological polar surface area (TPSA) is 74.8 Å². The molecule has 4 heterocycles. The maximum absolute atomic E-state index is 13.8. The summed E-state index contributed by atoms with van der Waals surface area (Å²) in [6.45, 7) is 3.12. The molecule has 0 spiro atoms. The molecule has 0 aliphatic carbocycles. The van der Waals surface area contributed by atoms with Crippen molar-refractivity contribution in [1.29, 1.82) is 0 Å². The zero-order chi connectivity index (χ0) is 21.8. The SMILES string of the molecule is Cc1nc2c(c(=O)n1C[C@H]1CCCO1)c1nc3ccccc3nc1n2-c1ccc(Br)cc1. The molecular weight excluding hydrogens is 470 g/mol. The largest absolute Gasteiger partial charge is 0.376 e. The lowest BCUT2D eigenvalue weighted by molar-refractivity contribution is 0.0955. The highest BCUT2D eigenvalue weighted by atomic mass is 79.9. The van der Waals surface area contributed by atoms with E-state index < -0.39 is 0 Å². The van der Waals surface area contributed by atoms with E-state index in [-0.39, 0.29) is 11.7 Å². The van der Waals surface area contributed by atoms with Gasteiger partial charge < -0.3 is 4.74 Å². The first-order chi connectivity index (χ1) is 15.6. The van der Waals surface area contributed by atoms with Crippen molar-refractivity contribution in [2.45, 2.75) is 32.4 Å². The number of hydrogen-bond donors (Lipinski definition) is 0. The van der Waals surface area contributed by atoms with Crippen LogP contribution >= 0.6 is 15.9 Å². The second kappa shape index (κ2) is 7.50. The smallest absolute Gasteiger partial charge is 0.265 e. The first kappa shape index (κ1) is 19.6. The van der Waals surface area contributed by atoms with E-state index in [0.717, 1.165) is 40.6 Å². The molecule has 32 heavy (non-hydrogen) atoms. The summed E-state index contributed by atoms with van der Waals surface area (Å²) < 4.78 is 10.4. The summed E-state index contributed by atoms with van der Waals surface area (Å²) in [6, 6.07) is 15.6. The molecule has 0 saturated carbocycles. The predicted molar refractivity (Wildman–Crippen MR) is 127 cm³/mol. The predicted octanol–water partition coefficient (Wildman–Crippen LogP) is 4.53. The van der Waals surface area contributed by atoms with Gasteiger partial charge in [0.1, 0.15) is 16.7 Å². The molecule has 2 aromatic carbocycles. The van der Waals surface area contributed by atoms with Crippen LogP contribution in [-0.2, 0) is 11.3 Å². The minimum absolute atomic E-state index is 0.0392.